The number of hydrogen-bond donors (Lipinski definition) is 5. The average Bonchev–Trinajstić information content (AvgIpc) is 3.78. The Bertz CT molecular complexity index is 1980. The van der Waals surface area contributed by atoms with Gasteiger partial charge in [-0.3, -0.25) is 14.3 Å². The molecule has 0 atom stereocenters. The largest absolute Gasteiger partial charge is 0.481 e. The second-order valence-corrected chi connectivity index (χ2v) is 9.78. The van der Waals surface area contributed by atoms with Gasteiger partial charge in [-0.15, -0.1) is 0 Å². The fraction of sp³-hybridized carbons (Fsp3) is 0.188. The second-order valence-electron chi connectivity index (χ2n) is 9.78. The molecule has 0 bridgehead atoms. The van der Waals surface area contributed by atoms with Crippen LogP contribution >= 0.6 is 0 Å². The summed E-state index contributed by atoms with van der Waals surface area (Å²) in [7, 11) is 1.90. The van der Waals surface area contributed by atoms with Gasteiger partial charge >= 0.3 is 11.9 Å². The molecule has 43 heavy (non-hydrogen) atoms. The molecule has 11 nitrogen and oxygen atoms in total. The number of ether oxygens (including phenoxy) is 1. The van der Waals surface area contributed by atoms with Gasteiger partial charge in [0.15, 0.2) is 0 Å². The monoisotopic (exact) mass is 580 g/mol. The first-order valence-corrected chi connectivity index (χ1v) is 13.9. The molecular formula is C32H32N6O5. The van der Waals surface area contributed by atoms with Gasteiger partial charge in [-0.25, -0.2) is 4.79 Å². The summed E-state index contributed by atoms with van der Waals surface area (Å²) in [6, 6.07) is 17.8. The third-order valence-electron chi connectivity index (χ3n) is 6.95. The maximum atomic E-state index is 11.9. The Morgan fingerprint density at radius 1 is 1.05 bits per heavy atom. The van der Waals surface area contributed by atoms with Crippen LogP contribution in [0.25, 0.3) is 44.2 Å². The van der Waals surface area contributed by atoms with Crippen LogP contribution in [0.15, 0.2) is 78.0 Å². The molecule has 1 aliphatic heterocycles. The molecular weight excluding hydrogens is 548 g/mol. The maximum Gasteiger partial charge on any atom is 0.340 e. The Kier molecular flexibility index (Phi) is 8.42. The van der Waals surface area contributed by atoms with Crippen LogP contribution in [0.4, 0.5) is 5.69 Å². The summed E-state index contributed by atoms with van der Waals surface area (Å²) in [6.07, 6.45) is 5.65. The van der Waals surface area contributed by atoms with Crippen LogP contribution in [0.3, 0.4) is 0 Å². The number of carbonyl (C=O) groups excluding carboxylic acids is 1. The number of esters is 1. The van der Waals surface area contributed by atoms with Gasteiger partial charge < -0.3 is 30.1 Å². The van der Waals surface area contributed by atoms with E-state index in [1.807, 2.05) is 68.7 Å². The van der Waals surface area contributed by atoms with Gasteiger partial charge in [0.1, 0.15) is 5.52 Å². The number of nitrogens with one attached hydrogen (secondary N) is 4. The van der Waals surface area contributed by atoms with E-state index in [2.05, 4.69) is 31.4 Å². The third-order valence-corrected chi connectivity index (χ3v) is 6.95. The van der Waals surface area contributed by atoms with Gasteiger partial charge in [0.2, 0.25) is 0 Å². The van der Waals surface area contributed by atoms with Crippen LogP contribution in [0.5, 0.6) is 0 Å². The number of pyridine rings is 1. The zero-order valence-corrected chi connectivity index (χ0v) is 24.0. The predicted octanol–water partition coefficient (Wildman–Crippen LogP) is 5.67. The Morgan fingerprint density at radius 3 is 2.56 bits per heavy atom. The van der Waals surface area contributed by atoms with E-state index in [0.29, 0.717) is 24.2 Å². The highest BCUT2D eigenvalue weighted by molar-refractivity contribution is 6.05. The minimum absolute atomic E-state index is 0.0944. The van der Waals surface area contributed by atoms with E-state index in [-0.39, 0.29) is 17.9 Å². The minimum Gasteiger partial charge on any atom is -0.481 e. The lowest BCUT2D eigenvalue weighted by molar-refractivity contribution is -0.136. The lowest BCUT2D eigenvalue weighted by Crippen LogP contribution is -2.11. The first-order valence-electron chi connectivity index (χ1n) is 13.9. The van der Waals surface area contributed by atoms with E-state index in [1.165, 1.54) is 0 Å². The van der Waals surface area contributed by atoms with Gasteiger partial charge in [0.25, 0.3) is 5.56 Å². The number of aliphatic carboxylic acids is 1. The van der Waals surface area contributed by atoms with Crippen LogP contribution in [0.2, 0.25) is 0 Å². The van der Waals surface area contributed by atoms with Crippen LogP contribution in [0.1, 0.15) is 36.3 Å². The molecule has 0 radical (unpaired) electrons. The number of nitrogens with zero attached hydrogens (tertiary/aromatic N) is 2. The van der Waals surface area contributed by atoms with E-state index >= 15 is 0 Å². The first kappa shape index (κ1) is 28.9. The van der Waals surface area contributed by atoms with Gasteiger partial charge in [0.05, 0.1) is 24.4 Å². The Balaban J connectivity index is 0.000000149. The summed E-state index contributed by atoms with van der Waals surface area (Å²) in [5.41, 5.74) is 8.00. The number of carboxylic acids is 1. The molecule has 0 fully saturated rings. The molecule has 1 aliphatic rings. The Morgan fingerprint density at radius 2 is 1.84 bits per heavy atom. The number of benzene rings is 2. The zero-order chi connectivity index (χ0) is 30.5. The molecule has 0 saturated heterocycles. The Labute approximate surface area is 246 Å². The number of H-pyrrole nitrogens is 3. The van der Waals surface area contributed by atoms with Crippen molar-refractivity contribution >= 4 is 39.4 Å². The maximum absolute atomic E-state index is 11.9. The number of fused-ring (bicyclic) bond motifs is 6. The fourth-order valence-electron chi connectivity index (χ4n) is 4.89. The van der Waals surface area contributed by atoms with Crippen molar-refractivity contribution in [3.63, 3.8) is 0 Å². The summed E-state index contributed by atoms with van der Waals surface area (Å²) in [5, 5.41) is 17.4. The van der Waals surface area contributed by atoms with Crippen LogP contribution in [-0.2, 0) is 23.1 Å². The molecule has 5 N–H and O–H groups in total. The van der Waals surface area contributed by atoms with Crippen LogP contribution in [0, 0.1) is 0 Å². The molecule has 0 amide bonds. The number of para-hydroxylation sites is 1. The zero-order valence-electron chi connectivity index (χ0n) is 24.0. The number of aryl methyl sites for hydroxylation is 1. The summed E-state index contributed by atoms with van der Waals surface area (Å²) < 4.78 is 6.86. The molecule has 0 unspecified atom stereocenters. The van der Waals surface area contributed by atoms with E-state index in [4.69, 9.17) is 9.84 Å². The standard InChI is InChI=1S/C15H12N4O.C14H14N2O2.C3H6O2/c1-19-7-5-12(18-19)9-2-3-13-11(8-9)10-4-6-16-14(10)15(20)17-13;1-2-18-14(17)10-7-15-12-8-16-11-6-4-3-5-9(11)13(10)12;1-2-3(4)5/h2-8,16H,1H3,(H,17,20);3-7,15-16H,2,8H2,1H3;2H2,1H3,(H,4,5). The highest BCUT2D eigenvalue weighted by Crippen LogP contribution is 2.37. The topological polar surface area (TPSA) is 158 Å². The lowest BCUT2D eigenvalue weighted by atomic mass is 9.97. The third kappa shape index (κ3) is 6.05. The number of rotatable bonds is 4. The molecule has 7 rings (SSSR count). The fourth-order valence-corrected chi connectivity index (χ4v) is 4.89. The van der Waals surface area contributed by atoms with Crippen molar-refractivity contribution in [1.82, 2.24) is 24.7 Å². The van der Waals surface area contributed by atoms with Gasteiger partial charge in [-0.2, -0.15) is 5.10 Å². The van der Waals surface area contributed by atoms with Crippen molar-refractivity contribution in [2.24, 2.45) is 7.05 Å². The average molecular weight is 581 g/mol. The smallest absolute Gasteiger partial charge is 0.340 e. The number of carbonyl (C=O) groups is 2. The van der Waals surface area contributed by atoms with E-state index in [1.54, 1.807) is 24.0 Å². The summed E-state index contributed by atoms with van der Waals surface area (Å²) in [4.78, 5) is 42.2. The molecule has 0 saturated carbocycles. The molecule has 6 aromatic rings. The van der Waals surface area contributed by atoms with E-state index in [9.17, 15) is 14.4 Å². The minimum atomic E-state index is -0.745. The highest BCUT2D eigenvalue weighted by atomic mass is 16.5. The molecule has 0 aliphatic carbocycles. The number of hydrogen-bond acceptors (Lipinski definition) is 6. The van der Waals surface area contributed by atoms with Gasteiger partial charge in [0, 0.05) is 76.4 Å². The molecule has 11 heteroatoms. The molecule has 4 aromatic heterocycles. The summed E-state index contributed by atoms with van der Waals surface area (Å²) >= 11 is 0. The first-order chi connectivity index (χ1) is 20.8. The predicted molar refractivity (Wildman–Crippen MR) is 166 cm³/mol. The SMILES string of the molecule is CCC(=O)O.CCOC(=O)c1c[nH]c2c1-c1ccccc1NC2.Cn1ccc(-c2ccc3[nH]c(=O)c4[nH]ccc4c3c2)n1. The number of aromatic amines is 3. The van der Waals surface area contributed by atoms with E-state index in [0.717, 1.165) is 50.1 Å². The van der Waals surface area contributed by atoms with Crippen molar-refractivity contribution < 1.29 is 19.4 Å². The highest BCUT2D eigenvalue weighted by Gasteiger charge is 2.24. The van der Waals surface area contributed by atoms with Gasteiger partial charge in [-0.1, -0.05) is 31.2 Å². The van der Waals surface area contributed by atoms with Gasteiger partial charge in [-0.05, 0) is 37.3 Å². The molecule has 5 heterocycles. The summed E-state index contributed by atoms with van der Waals surface area (Å²) in [6.45, 7) is 4.50. The molecule has 220 valence electrons. The Hall–Kier alpha value is -5.58. The molecule has 2 aromatic carbocycles. The van der Waals surface area contributed by atoms with Crippen molar-refractivity contribution in [2.75, 3.05) is 11.9 Å². The van der Waals surface area contributed by atoms with Crippen LogP contribution < -0.4 is 10.9 Å². The number of anilines is 1. The lowest BCUT2D eigenvalue weighted by Gasteiger charge is -2.19. The molecule has 0 spiro atoms. The van der Waals surface area contributed by atoms with Crippen molar-refractivity contribution in [1.29, 1.82) is 0 Å². The normalized spacial score (nSPS) is 11.3. The number of carboxylic acid groups (broad SMARTS) is 1. The quantitative estimate of drug-likeness (QED) is 0.168. The second kappa shape index (κ2) is 12.5. The summed E-state index contributed by atoms with van der Waals surface area (Å²) in [5.74, 6) is -1.02. The number of aromatic nitrogens is 5. The van der Waals surface area contributed by atoms with Crippen molar-refractivity contribution in [3.05, 3.63) is 94.8 Å². The van der Waals surface area contributed by atoms with Crippen LogP contribution in [-0.4, -0.2) is 48.4 Å². The van der Waals surface area contributed by atoms with Crippen molar-refractivity contribution in [2.45, 2.75) is 26.8 Å². The van der Waals surface area contributed by atoms with E-state index < -0.39 is 5.97 Å². The van der Waals surface area contributed by atoms with Crippen molar-refractivity contribution in [3.8, 4) is 22.4 Å².